The predicted octanol–water partition coefficient (Wildman–Crippen LogP) is 4.90. The van der Waals surface area contributed by atoms with Crippen molar-refractivity contribution in [2.45, 2.75) is 13.3 Å². The summed E-state index contributed by atoms with van der Waals surface area (Å²) in [7, 11) is 1.61. The maximum Gasteiger partial charge on any atom is 0.137 e. The number of halogens is 2. The predicted molar refractivity (Wildman–Crippen MR) is 77.0 cm³/mol. The molecule has 18 heavy (non-hydrogen) atoms. The summed E-state index contributed by atoms with van der Waals surface area (Å²) < 4.78 is 5.14. The van der Waals surface area contributed by atoms with E-state index in [2.05, 4.69) is 0 Å². The molecular formula is C15H14Cl2O. The summed E-state index contributed by atoms with van der Waals surface area (Å²) in [5.41, 5.74) is 3.32. The third-order valence-corrected chi connectivity index (χ3v) is 3.72. The van der Waals surface area contributed by atoms with Gasteiger partial charge in [0.05, 0.1) is 12.1 Å². The molecule has 0 bridgehead atoms. The number of benzene rings is 2. The number of hydrogen-bond donors (Lipinski definition) is 0. The van der Waals surface area contributed by atoms with Crippen LogP contribution in [0.4, 0.5) is 0 Å². The normalized spacial score (nSPS) is 10.4. The summed E-state index contributed by atoms with van der Waals surface area (Å²) in [6.45, 7) is 2.01. The molecule has 0 spiro atoms. The second kappa shape index (κ2) is 5.64. The Kier molecular flexibility index (Phi) is 4.15. The van der Waals surface area contributed by atoms with Crippen LogP contribution in [0, 0.1) is 6.92 Å². The van der Waals surface area contributed by atoms with Crippen LogP contribution < -0.4 is 4.74 Å². The van der Waals surface area contributed by atoms with Crippen molar-refractivity contribution < 1.29 is 4.74 Å². The second-order valence-corrected chi connectivity index (χ2v) is 4.98. The molecule has 0 fully saturated rings. The van der Waals surface area contributed by atoms with Crippen molar-refractivity contribution in [2.75, 3.05) is 7.11 Å². The monoisotopic (exact) mass is 280 g/mol. The molecule has 0 aliphatic heterocycles. The van der Waals surface area contributed by atoms with E-state index in [9.17, 15) is 0 Å². The van der Waals surface area contributed by atoms with Crippen LogP contribution in [0.2, 0.25) is 10.0 Å². The maximum absolute atomic E-state index is 6.28. The minimum Gasteiger partial charge on any atom is -0.495 e. The number of aryl methyl sites for hydroxylation is 1. The molecule has 2 aromatic rings. The zero-order valence-corrected chi connectivity index (χ0v) is 11.8. The van der Waals surface area contributed by atoms with Crippen molar-refractivity contribution in [1.29, 1.82) is 0 Å². The van der Waals surface area contributed by atoms with Gasteiger partial charge >= 0.3 is 0 Å². The minimum atomic E-state index is 0.624. The first kappa shape index (κ1) is 13.3. The molecule has 0 radical (unpaired) electrons. The number of rotatable bonds is 3. The van der Waals surface area contributed by atoms with E-state index in [4.69, 9.17) is 27.9 Å². The van der Waals surface area contributed by atoms with Gasteiger partial charge in [0, 0.05) is 5.02 Å². The molecule has 94 valence electrons. The van der Waals surface area contributed by atoms with Gasteiger partial charge in [0.15, 0.2) is 0 Å². The topological polar surface area (TPSA) is 9.23 Å². The summed E-state index contributed by atoms with van der Waals surface area (Å²) in [6, 6.07) is 11.9. The molecule has 0 unspecified atom stereocenters. The summed E-state index contributed by atoms with van der Waals surface area (Å²) in [4.78, 5) is 0. The number of ether oxygens (including phenoxy) is 1. The highest BCUT2D eigenvalue weighted by atomic mass is 35.5. The molecule has 0 heterocycles. The van der Waals surface area contributed by atoms with Gasteiger partial charge in [0.2, 0.25) is 0 Å². The van der Waals surface area contributed by atoms with Crippen molar-refractivity contribution >= 4 is 23.2 Å². The minimum absolute atomic E-state index is 0.624. The van der Waals surface area contributed by atoms with E-state index < -0.39 is 0 Å². The quantitative estimate of drug-likeness (QED) is 0.777. The van der Waals surface area contributed by atoms with Crippen molar-refractivity contribution in [3.8, 4) is 5.75 Å². The Morgan fingerprint density at radius 2 is 1.89 bits per heavy atom. The zero-order chi connectivity index (χ0) is 13.1. The zero-order valence-electron chi connectivity index (χ0n) is 10.3. The Morgan fingerprint density at radius 3 is 2.56 bits per heavy atom. The highest BCUT2D eigenvalue weighted by Gasteiger charge is 2.06. The largest absolute Gasteiger partial charge is 0.495 e. The van der Waals surface area contributed by atoms with E-state index in [1.807, 2.05) is 43.3 Å². The van der Waals surface area contributed by atoms with Gasteiger partial charge in [-0.15, -0.1) is 0 Å². The SMILES string of the molecule is COc1ccc(Cc2cccc(C)c2Cl)cc1Cl. The van der Waals surface area contributed by atoms with Crippen molar-refractivity contribution in [1.82, 2.24) is 0 Å². The van der Waals surface area contributed by atoms with Crippen LogP contribution in [-0.4, -0.2) is 7.11 Å². The summed E-state index contributed by atoms with van der Waals surface area (Å²) >= 11 is 12.4. The molecule has 0 amide bonds. The van der Waals surface area contributed by atoms with Gasteiger partial charge in [-0.05, 0) is 42.2 Å². The van der Waals surface area contributed by atoms with Crippen molar-refractivity contribution in [2.24, 2.45) is 0 Å². The van der Waals surface area contributed by atoms with Crippen LogP contribution in [0.3, 0.4) is 0 Å². The fraction of sp³-hybridized carbons (Fsp3) is 0.200. The molecule has 2 aromatic carbocycles. The van der Waals surface area contributed by atoms with E-state index in [0.717, 1.165) is 28.1 Å². The highest BCUT2D eigenvalue weighted by molar-refractivity contribution is 6.32. The molecule has 3 heteroatoms. The van der Waals surface area contributed by atoms with Gasteiger partial charge in [-0.2, -0.15) is 0 Å². The Labute approximate surface area is 117 Å². The van der Waals surface area contributed by atoms with Crippen LogP contribution in [0.25, 0.3) is 0 Å². The molecule has 0 saturated carbocycles. The molecule has 2 rings (SSSR count). The standard InChI is InChI=1S/C15H14Cl2O/c1-10-4-3-5-12(15(10)17)8-11-6-7-14(18-2)13(16)9-11/h3-7,9H,8H2,1-2H3. The van der Waals surface area contributed by atoms with Crippen molar-refractivity contribution in [3.63, 3.8) is 0 Å². The van der Waals surface area contributed by atoms with E-state index in [1.165, 1.54) is 0 Å². The molecule has 0 atom stereocenters. The van der Waals surface area contributed by atoms with Crippen LogP contribution in [0.1, 0.15) is 16.7 Å². The van der Waals surface area contributed by atoms with E-state index in [1.54, 1.807) is 7.11 Å². The molecule has 0 aliphatic carbocycles. The van der Waals surface area contributed by atoms with Crippen molar-refractivity contribution in [3.05, 3.63) is 63.1 Å². The van der Waals surface area contributed by atoms with Gasteiger partial charge < -0.3 is 4.74 Å². The average Bonchev–Trinajstić information content (AvgIpc) is 2.35. The molecule has 0 aliphatic rings. The number of methoxy groups -OCH3 is 1. The van der Waals surface area contributed by atoms with Gasteiger partial charge in [-0.1, -0.05) is 47.5 Å². The lowest BCUT2D eigenvalue weighted by Gasteiger charge is -2.09. The smallest absolute Gasteiger partial charge is 0.137 e. The highest BCUT2D eigenvalue weighted by Crippen LogP contribution is 2.28. The first-order valence-corrected chi connectivity index (χ1v) is 6.44. The lowest BCUT2D eigenvalue weighted by Crippen LogP contribution is -1.92. The Balaban J connectivity index is 2.29. The molecule has 0 aromatic heterocycles. The fourth-order valence-corrected chi connectivity index (χ4v) is 2.36. The lowest BCUT2D eigenvalue weighted by atomic mass is 10.0. The Hall–Kier alpha value is -1.18. The second-order valence-electron chi connectivity index (χ2n) is 4.19. The van der Waals surface area contributed by atoms with Gasteiger partial charge in [-0.3, -0.25) is 0 Å². The first-order chi connectivity index (χ1) is 8.61. The first-order valence-electron chi connectivity index (χ1n) is 5.68. The van der Waals surface area contributed by atoms with Crippen LogP contribution in [-0.2, 0) is 6.42 Å². The summed E-state index contributed by atoms with van der Waals surface area (Å²) in [5.74, 6) is 0.691. The molecule has 0 N–H and O–H groups in total. The lowest BCUT2D eigenvalue weighted by molar-refractivity contribution is 0.415. The van der Waals surface area contributed by atoms with Gasteiger partial charge in [0.25, 0.3) is 0 Å². The Morgan fingerprint density at radius 1 is 1.11 bits per heavy atom. The Bertz CT molecular complexity index is 564. The van der Waals surface area contributed by atoms with Crippen LogP contribution >= 0.6 is 23.2 Å². The fourth-order valence-electron chi connectivity index (χ4n) is 1.88. The molecular weight excluding hydrogens is 267 g/mol. The summed E-state index contributed by atoms with van der Waals surface area (Å²) in [5, 5.41) is 1.45. The van der Waals surface area contributed by atoms with Gasteiger partial charge in [0.1, 0.15) is 5.75 Å². The number of hydrogen-bond acceptors (Lipinski definition) is 1. The average molecular weight is 281 g/mol. The van der Waals surface area contributed by atoms with Gasteiger partial charge in [-0.25, -0.2) is 0 Å². The van der Waals surface area contributed by atoms with E-state index >= 15 is 0 Å². The van der Waals surface area contributed by atoms with E-state index in [-0.39, 0.29) is 0 Å². The molecule has 1 nitrogen and oxygen atoms in total. The maximum atomic E-state index is 6.28. The molecule has 0 saturated heterocycles. The summed E-state index contributed by atoms with van der Waals surface area (Å²) in [6.07, 6.45) is 0.768. The van der Waals surface area contributed by atoms with E-state index in [0.29, 0.717) is 10.8 Å². The van der Waals surface area contributed by atoms with Crippen LogP contribution in [0.5, 0.6) is 5.75 Å². The third-order valence-electron chi connectivity index (χ3n) is 2.88. The van der Waals surface area contributed by atoms with Crippen LogP contribution in [0.15, 0.2) is 36.4 Å². The third kappa shape index (κ3) is 2.80.